The van der Waals surface area contributed by atoms with Crippen molar-refractivity contribution in [3.63, 3.8) is 0 Å². The summed E-state index contributed by atoms with van der Waals surface area (Å²) in [4.78, 5) is 0. The third kappa shape index (κ3) is 3.45. The van der Waals surface area contributed by atoms with Crippen LogP contribution in [0, 0.1) is 17.7 Å². The second-order valence-electron chi connectivity index (χ2n) is 5.47. The zero-order valence-corrected chi connectivity index (χ0v) is 11.3. The molecule has 1 fully saturated rings. The van der Waals surface area contributed by atoms with Crippen LogP contribution in [0.1, 0.15) is 37.8 Å². The Labute approximate surface area is 113 Å². The van der Waals surface area contributed by atoms with Crippen molar-refractivity contribution < 1.29 is 14.6 Å². The summed E-state index contributed by atoms with van der Waals surface area (Å²) in [5.41, 5.74) is 0.582. The Morgan fingerprint density at radius 2 is 2.11 bits per heavy atom. The minimum Gasteiger partial charge on any atom is -0.508 e. The van der Waals surface area contributed by atoms with Crippen LogP contribution in [-0.4, -0.2) is 23.4 Å². The lowest BCUT2D eigenvalue weighted by molar-refractivity contribution is 0.190. The van der Waals surface area contributed by atoms with Crippen molar-refractivity contribution in [2.45, 2.75) is 32.2 Å². The molecular formula is C15H22FNO2. The van der Waals surface area contributed by atoms with Crippen LogP contribution in [0.4, 0.5) is 4.39 Å². The second-order valence-corrected chi connectivity index (χ2v) is 5.47. The van der Waals surface area contributed by atoms with Gasteiger partial charge in [-0.2, -0.15) is 0 Å². The molecule has 3 nitrogen and oxygen atoms in total. The van der Waals surface area contributed by atoms with Crippen LogP contribution >= 0.6 is 0 Å². The van der Waals surface area contributed by atoms with Gasteiger partial charge in [0.1, 0.15) is 11.6 Å². The van der Waals surface area contributed by atoms with E-state index < -0.39 is 0 Å². The molecule has 3 atom stereocenters. The lowest BCUT2D eigenvalue weighted by atomic mass is 9.96. The average molecular weight is 267 g/mol. The van der Waals surface area contributed by atoms with E-state index in [1.54, 1.807) is 0 Å². The van der Waals surface area contributed by atoms with Crippen LogP contribution in [0.15, 0.2) is 18.2 Å². The number of hydrogen-bond donors (Lipinski definition) is 3. The van der Waals surface area contributed by atoms with Gasteiger partial charge in [-0.3, -0.25) is 0 Å². The number of aliphatic hydroxyl groups excluding tert-OH is 1. The van der Waals surface area contributed by atoms with E-state index in [-0.39, 0.29) is 24.2 Å². The van der Waals surface area contributed by atoms with Crippen LogP contribution in [0.3, 0.4) is 0 Å². The fourth-order valence-electron chi connectivity index (χ4n) is 2.93. The van der Waals surface area contributed by atoms with E-state index in [0.717, 1.165) is 25.8 Å². The molecule has 1 aromatic carbocycles. The van der Waals surface area contributed by atoms with E-state index in [9.17, 15) is 14.6 Å². The molecule has 0 saturated heterocycles. The molecule has 1 aliphatic rings. The van der Waals surface area contributed by atoms with E-state index in [1.165, 1.54) is 18.2 Å². The Balaban J connectivity index is 1.93. The van der Waals surface area contributed by atoms with Crippen molar-refractivity contribution in [2.24, 2.45) is 11.8 Å². The maximum absolute atomic E-state index is 13.2. The lowest BCUT2D eigenvalue weighted by Crippen LogP contribution is -2.29. The molecule has 0 heterocycles. The number of hydrogen-bond acceptors (Lipinski definition) is 3. The van der Waals surface area contributed by atoms with Gasteiger partial charge in [0, 0.05) is 18.2 Å². The summed E-state index contributed by atoms with van der Waals surface area (Å²) >= 11 is 0. The van der Waals surface area contributed by atoms with Gasteiger partial charge < -0.3 is 15.5 Å². The first-order valence-electron chi connectivity index (χ1n) is 6.94. The number of halogens is 1. The van der Waals surface area contributed by atoms with Gasteiger partial charge in [0.2, 0.25) is 0 Å². The minimum absolute atomic E-state index is 0.101. The first-order valence-corrected chi connectivity index (χ1v) is 6.94. The molecule has 0 spiro atoms. The second kappa shape index (κ2) is 6.35. The Morgan fingerprint density at radius 1 is 1.37 bits per heavy atom. The van der Waals surface area contributed by atoms with Crippen LogP contribution in [0.2, 0.25) is 0 Å². The van der Waals surface area contributed by atoms with Crippen molar-refractivity contribution >= 4 is 0 Å². The maximum atomic E-state index is 13.2. The van der Waals surface area contributed by atoms with E-state index >= 15 is 0 Å². The smallest absolute Gasteiger partial charge is 0.123 e. The highest BCUT2D eigenvalue weighted by Crippen LogP contribution is 2.32. The van der Waals surface area contributed by atoms with Gasteiger partial charge in [0.25, 0.3) is 0 Å². The molecular weight excluding hydrogens is 245 g/mol. The number of nitrogens with one attached hydrogen (secondary N) is 1. The number of phenols is 1. The molecule has 0 aliphatic heterocycles. The largest absolute Gasteiger partial charge is 0.508 e. The molecule has 4 heteroatoms. The third-order valence-electron chi connectivity index (χ3n) is 4.19. The molecule has 0 radical (unpaired) electrons. The summed E-state index contributed by atoms with van der Waals surface area (Å²) in [6.07, 6.45) is 3.37. The van der Waals surface area contributed by atoms with Gasteiger partial charge in [-0.05, 0) is 56.3 Å². The van der Waals surface area contributed by atoms with Gasteiger partial charge in [-0.25, -0.2) is 4.39 Å². The average Bonchev–Trinajstić information content (AvgIpc) is 2.86. The highest BCUT2D eigenvalue weighted by atomic mass is 19.1. The standard InChI is InChI=1S/C15H22FNO2/c1-10(14-7-13(16)5-6-15(14)19)17-8-11-3-2-4-12(11)9-18/h5-7,10-12,17-19H,2-4,8-9H2,1H3. The Hall–Kier alpha value is -1.13. The molecule has 1 aromatic rings. The van der Waals surface area contributed by atoms with Crippen LogP contribution in [0.5, 0.6) is 5.75 Å². The Morgan fingerprint density at radius 3 is 2.84 bits per heavy atom. The zero-order chi connectivity index (χ0) is 13.8. The highest BCUT2D eigenvalue weighted by molar-refractivity contribution is 5.34. The van der Waals surface area contributed by atoms with Gasteiger partial charge in [0.15, 0.2) is 0 Å². The number of aromatic hydroxyl groups is 1. The molecule has 2 rings (SSSR count). The van der Waals surface area contributed by atoms with Crippen molar-refractivity contribution in [1.29, 1.82) is 0 Å². The molecule has 106 valence electrons. The fraction of sp³-hybridized carbons (Fsp3) is 0.600. The molecule has 0 bridgehead atoms. The predicted octanol–water partition coefficient (Wildman–Crippen LogP) is 2.59. The summed E-state index contributed by atoms with van der Waals surface area (Å²) in [6, 6.07) is 3.90. The minimum atomic E-state index is -0.337. The topological polar surface area (TPSA) is 52.5 Å². The van der Waals surface area contributed by atoms with Crippen molar-refractivity contribution in [3.8, 4) is 5.75 Å². The molecule has 3 N–H and O–H groups in total. The lowest BCUT2D eigenvalue weighted by Gasteiger charge is -2.22. The van der Waals surface area contributed by atoms with Crippen molar-refractivity contribution in [3.05, 3.63) is 29.6 Å². The third-order valence-corrected chi connectivity index (χ3v) is 4.19. The van der Waals surface area contributed by atoms with Crippen molar-refractivity contribution in [2.75, 3.05) is 13.2 Å². The summed E-state index contributed by atoms with van der Waals surface area (Å²) in [6.45, 7) is 2.95. The summed E-state index contributed by atoms with van der Waals surface area (Å²) < 4.78 is 13.2. The quantitative estimate of drug-likeness (QED) is 0.768. The number of phenolic OH excluding ortho intramolecular Hbond substituents is 1. The molecule has 1 aliphatic carbocycles. The molecule has 1 saturated carbocycles. The van der Waals surface area contributed by atoms with E-state index in [1.807, 2.05) is 6.92 Å². The SMILES string of the molecule is CC(NCC1CCCC1CO)c1cc(F)ccc1O. The zero-order valence-electron chi connectivity index (χ0n) is 11.3. The molecule has 3 unspecified atom stereocenters. The summed E-state index contributed by atoms with van der Waals surface area (Å²) in [5, 5.41) is 22.4. The van der Waals surface area contributed by atoms with Crippen molar-refractivity contribution in [1.82, 2.24) is 5.32 Å². The fourth-order valence-corrected chi connectivity index (χ4v) is 2.93. The van der Waals surface area contributed by atoms with Gasteiger partial charge in [-0.15, -0.1) is 0 Å². The number of benzene rings is 1. The summed E-state index contributed by atoms with van der Waals surface area (Å²) in [7, 11) is 0. The highest BCUT2D eigenvalue weighted by Gasteiger charge is 2.26. The summed E-state index contributed by atoms with van der Waals surface area (Å²) in [5.74, 6) is 0.631. The van der Waals surface area contributed by atoms with Gasteiger partial charge in [0.05, 0.1) is 0 Å². The van der Waals surface area contributed by atoms with E-state index in [2.05, 4.69) is 5.32 Å². The van der Waals surface area contributed by atoms with Crippen LogP contribution < -0.4 is 5.32 Å². The first kappa shape index (κ1) is 14.3. The van der Waals surface area contributed by atoms with E-state index in [0.29, 0.717) is 17.4 Å². The number of aliphatic hydroxyl groups is 1. The van der Waals surface area contributed by atoms with E-state index in [4.69, 9.17) is 0 Å². The Kier molecular flexibility index (Phi) is 4.77. The molecule has 0 amide bonds. The monoisotopic (exact) mass is 267 g/mol. The number of rotatable bonds is 5. The normalized spacial score (nSPS) is 24.6. The van der Waals surface area contributed by atoms with Gasteiger partial charge >= 0.3 is 0 Å². The molecule has 19 heavy (non-hydrogen) atoms. The first-order chi connectivity index (χ1) is 9.11. The molecule has 0 aromatic heterocycles. The maximum Gasteiger partial charge on any atom is 0.123 e. The Bertz CT molecular complexity index is 425. The van der Waals surface area contributed by atoms with Crippen LogP contribution in [0.25, 0.3) is 0 Å². The van der Waals surface area contributed by atoms with Crippen LogP contribution in [-0.2, 0) is 0 Å². The van der Waals surface area contributed by atoms with Gasteiger partial charge in [-0.1, -0.05) is 6.42 Å². The predicted molar refractivity (Wildman–Crippen MR) is 72.4 cm³/mol.